The highest BCUT2D eigenvalue weighted by atomic mass is 35.5. The maximum atomic E-state index is 12.7. The molecule has 2 aromatic heterocycles. The van der Waals surface area contributed by atoms with E-state index in [0.29, 0.717) is 18.8 Å². The average Bonchev–Trinajstić information content (AvgIpc) is 3.26. The molecule has 0 saturated carbocycles. The molecule has 7 nitrogen and oxygen atoms in total. The largest absolute Gasteiger partial charge is 0.506 e. The Labute approximate surface area is 210 Å². The van der Waals surface area contributed by atoms with Gasteiger partial charge < -0.3 is 20.3 Å². The molecule has 0 atom stereocenters. The predicted octanol–water partition coefficient (Wildman–Crippen LogP) is 4.58. The number of hydrogen-bond donors (Lipinski definition) is 3. The van der Waals surface area contributed by atoms with Crippen LogP contribution in [0.15, 0.2) is 54.4 Å². The molecule has 0 aliphatic carbocycles. The van der Waals surface area contributed by atoms with E-state index < -0.39 is 5.41 Å². The number of pyridine rings is 1. The summed E-state index contributed by atoms with van der Waals surface area (Å²) in [5.41, 5.74) is 3.49. The number of phenols is 1. The topological polar surface area (TPSA) is 94.1 Å². The zero-order chi connectivity index (χ0) is 23.6. The zero-order valence-electron chi connectivity index (χ0n) is 19.4. The van der Waals surface area contributed by atoms with Crippen LogP contribution in [0.1, 0.15) is 26.1 Å². The number of nitrogens with one attached hydrogen (secondary N) is 2. The van der Waals surface area contributed by atoms with E-state index in [-0.39, 0.29) is 29.1 Å². The summed E-state index contributed by atoms with van der Waals surface area (Å²) < 4.78 is 0. The zero-order valence-corrected chi connectivity index (χ0v) is 21.0. The molecule has 9 heteroatoms. The minimum Gasteiger partial charge on any atom is -0.506 e. The smallest absolute Gasteiger partial charge is 0.248 e. The van der Waals surface area contributed by atoms with Gasteiger partial charge in [-0.1, -0.05) is 37.6 Å². The van der Waals surface area contributed by atoms with Crippen LogP contribution in [0.5, 0.6) is 5.75 Å². The van der Waals surface area contributed by atoms with E-state index in [1.807, 2.05) is 45.2 Å². The fourth-order valence-corrected chi connectivity index (χ4v) is 3.96. The van der Waals surface area contributed by atoms with Crippen LogP contribution in [0.3, 0.4) is 0 Å². The highest BCUT2D eigenvalue weighted by Gasteiger charge is 2.28. The first-order valence-electron chi connectivity index (χ1n) is 10.9. The first kappa shape index (κ1) is 25.7. The summed E-state index contributed by atoms with van der Waals surface area (Å²) >= 11 is 6.01. The molecule has 0 spiro atoms. The van der Waals surface area contributed by atoms with Crippen molar-refractivity contribution in [1.82, 2.24) is 25.2 Å². The molecule has 3 aromatic rings. The number of likely N-dealkylation sites (N-methyl/N-ethyl adjacent to an activating group) is 1. The van der Waals surface area contributed by atoms with Crippen molar-refractivity contribution in [2.24, 2.45) is 0 Å². The number of phenolic OH excluding ortho intramolecular Hbond substituents is 1. The van der Waals surface area contributed by atoms with Crippen LogP contribution in [0.25, 0.3) is 22.5 Å². The number of carbonyl (C=O) groups excluding carboxylic acids is 1. The first-order valence-corrected chi connectivity index (χ1v) is 11.3. The lowest BCUT2D eigenvalue weighted by molar-refractivity contribution is -0.118. The maximum absolute atomic E-state index is 12.7. The van der Waals surface area contributed by atoms with Gasteiger partial charge in [-0.15, -0.1) is 12.4 Å². The molecule has 0 saturated heterocycles. The molecule has 3 N–H and O–H groups in total. The van der Waals surface area contributed by atoms with Crippen molar-refractivity contribution in [3.63, 3.8) is 0 Å². The van der Waals surface area contributed by atoms with Gasteiger partial charge in [0.15, 0.2) is 0 Å². The van der Waals surface area contributed by atoms with Crippen LogP contribution in [-0.2, 0) is 10.2 Å². The van der Waals surface area contributed by atoms with E-state index in [1.165, 1.54) is 0 Å². The number of carbonyl (C=O) groups is 1. The lowest BCUT2D eigenvalue weighted by atomic mass is 9.92. The van der Waals surface area contributed by atoms with Crippen LogP contribution >= 0.6 is 24.0 Å². The molecule has 1 aliphatic rings. The molecular formula is C25H29Cl2N5O2. The molecule has 1 aromatic carbocycles. The van der Waals surface area contributed by atoms with Gasteiger partial charge in [-0.2, -0.15) is 0 Å². The number of imidazole rings is 1. The van der Waals surface area contributed by atoms with Crippen molar-refractivity contribution < 1.29 is 9.90 Å². The van der Waals surface area contributed by atoms with Gasteiger partial charge in [0, 0.05) is 54.1 Å². The number of amides is 1. The molecule has 0 bridgehead atoms. The van der Waals surface area contributed by atoms with Crippen LogP contribution in [0.2, 0.25) is 5.02 Å². The highest BCUT2D eigenvalue weighted by molar-refractivity contribution is 6.32. The number of nitrogens with zero attached hydrogens (tertiary/aromatic N) is 3. The van der Waals surface area contributed by atoms with E-state index >= 15 is 0 Å². The number of rotatable bonds is 6. The molecular weight excluding hydrogens is 473 g/mol. The predicted molar refractivity (Wildman–Crippen MR) is 137 cm³/mol. The van der Waals surface area contributed by atoms with E-state index in [9.17, 15) is 9.90 Å². The lowest BCUT2D eigenvalue weighted by Crippen LogP contribution is -2.40. The molecule has 1 amide bonds. The Hall–Kier alpha value is -2.87. The molecule has 1 aliphatic heterocycles. The Morgan fingerprint density at radius 2 is 1.97 bits per heavy atom. The molecule has 34 heavy (non-hydrogen) atoms. The SMILES string of the molecule is CN1CCC=C(C(=O)NCC(C)(C)c2nc(-c3ccc(Cl)c(O)c3)c(-c3ccncc3)[nH]2)C1.Cl. The van der Waals surface area contributed by atoms with Gasteiger partial charge in [0.25, 0.3) is 0 Å². The number of halogens is 2. The fourth-order valence-electron chi connectivity index (χ4n) is 3.85. The summed E-state index contributed by atoms with van der Waals surface area (Å²) in [6, 6.07) is 8.88. The molecule has 0 fully saturated rings. The molecule has 180 valence electrons. The van der Waals surface area contributed by atoms with Crippen molar-refractivity contribution in [1.29, 1.82) is 0 Å². The van der Waals surface area contributed by atoms with Crippen LogP contribution in [-0.4, -0.2) is 57.5 Å². The summed E-state index contributed by atoms with van der Waals surface area (Å²) in [4.78, 5) is 27.3. The summed E-state index contributed by atoms with van der Waals surface area (Å²) in [5, 5.41) is 13.5. The Morgan fingerprint density at radius 3 is 2.65 bits per heavy atom. The monoisotopic (exact) mass is 501 g/mol. The maximum Gasteiger partial charge on any atom is 0.248 e. The van der Waals surface area contributed by atoms with Gasteiger partial charge in [-0.05, 0) is 37.7 Å². The minimum atomic E-state index is -0.467. The van der Waals surface area contributed by atoms with Crippen molar-refractivity contribution in [3.8, 4) is 28.3 Å². The Kier molecular flexibility index (Phi) is 8.02. The van der Waals surface area contributed by atoms with Gasteiger partial charge >= 0.3 is 0 Å². The number of hydrogen-bond acceptors (Lipinski definition) is 5. The summed E-state index contributed by atoms with van der Waals surface area (Å²) in [6.45, 7) is 6.11. The van der Waals surface area contributed by atoms with Crippen molar-refractivity contribution in [2.45, 2.75) is 25.7 Å². The van der Waals surface area contributed by atoms with Gasteiger partial charge in [0.05, 0.1) is 16.4 Å². The standard InChI is InChI=1S/C25H28ClN5O2.ClH/c1-25(2,15-28-23(33)18-5-4-12-31(3)14-18)24-29-21(16-8-10-27-11-9-16)22(30-24)17-6-7-19(26)20(32)13-17;/h5-11,13,32H,4,12,14-15H2,1-3H3,(H,28,33)(H,29,30);1H. The summed E-state index contributed by atoms with van der Waals surface area (Å²) in [6.07, 6.45) is 6.34. The highest BCUT2D eigenvalue weighted by Crippen LogP contribution is 2.36. The van der Waals surface area contributed by atoms with Gasteiger partial charge in [0.2, 0.25) is 5.91 Å². The van der Waals surface area contributed by atoms with E-state index in [1.54, 1.807) is 24.5 Å². The quantitative estimate of drug-likeness (QED) is 0.459. The second-order valence-electron chi connectivity index (χ2n) is 9.03. The molecule has 0 radical (unpaired) electrons. The van der Waals surface area contributed by atoms with Crippen LogP contribution < -0.4 is 5.32 Å². The van der Waals surface area contributed by atoms with Crippen LogP contribution in [0, 0.1) is 0 Å². The molecule has 4 rings (SSSR count). The number of benzene rings is 1. The van der Waals surface area contributed by atoms with Gasteiger partial charge in [-0.3, -0.25) is 9.78 Å². The summed E-state index contributed by atoms with van der Waals surface area (Å²) in [7, 11) is 2.02. The second-order valence-corrected chi connectivity index (χ2v) is 9.44. The summed E-state index contributed by atoms with van der Waals surface area (Å²) in [5.74, 6) is 0.684. The van der Waals surface area contributed by atoms with Crippen molar-refractivity contribution >= 4 is 29.9 Å². The molecule has 3 heterocycles. The Bertz CT molecular complexity index is 1190. The Balaban J connectivity index is 0.00000324. The normalized spacial score (nSPS) is 14.3. The van der Waals surface area contributed by atoms with E-state index in [2.05, 4.69) is 20.2 Å². The first-order chi connectivity index (χ1) is 15.7. The number of aromatic hydroxyl groups is 1. The third-order valence-corrected chi connectivity index (χ3v) is 6.18. The van der Waals surface area contributed by atoms with Crippen molar-refractivity contribution in [2.75, 3.05) is 26.7 Å². The minimum absolute atomic E-state index is 0. The average molecular weight is 502 g/mol. The van der Waals surface area contributed by atoms with E-state index in [0.717, 1.165) is 41.2 Å². The second kappa shape index (κ2) is 10.6. The number of aromatic amines is 1. The van der Waals surface area contributed by atoms with Gasteiger partial charge in [0.1, 0.15) is 11.6 Å². The van der Waals surface area contributed by atoms with Gasteiger partial charge in [-0.25, -0.2) is 4.98 Å². The third-order valence-electron chi connectivity index (χ3n) is 5.86. The number of aromatic nitrogens is 3. The lowest BCUT2D eigenvalue weighted by Gasteiger charge is -2.25. The van der Waals surface area contributed by atoms with Crippen LogP contribution in [0.4, 0.5) is 0 Å². The molecule has 0 unspecified atom stereocenters. The van der Waals surface area contributed by atoms with Crippen molar-refractivity contribution in [3.05, 3.63) is 65.2 Å². The number of H-pyrrole nitrogens is 1. The Morgan fingerprint density at radius 1 is 1.24 bits per heavy atom. The third kappa shape index (κ3) is 5.60. The van der Waals surface area contributed by atoms with E-state index in [4.69, 9.17) is 16.6 Å². The fraction of sp³-hybridized carbons (Fsp3) is 0.320.